The SMILES string of the molecule is C=CC(=O)N1CSCC1C(=O)N(C)C. The quantitative estimate of drug-likeness (QED) is 0.615. The van der Waals surface area contributed by atoms with Crippen molar-refractivity contribution in [1.29, 1.82) is 0 Å². The number of hydrogen-bond donors (Lipinski definition) is 0. The molecule has 1 atom stereocenters. The van der Waals surface area contributed by atoms with E-state index in [1.54, 1.807) is 30.8 Å². The highest BCUT2D eigenvalue weighted by Crippen LogP contribution is 2.22. The first kappa shape index (κ1) is 11.1. The van der Waals surface area contributed by atoms with Gasteiger partial charge in [-0.15, -0.1) is 11.8 Å². The molecule has 1 rings (SSSR count). The monoisotopic (exact) mass is 214 g/mol. The Morgan fingerprint density at radius 2 is 2.21 bits per heavy atom. The highest BCUT2D eigenvalue weighted by molar-refractivity contribution is 7.99. The van der Waals surface area contributed by atoms with Gasteiger partial charge in [0.15, 0.2) is 0 Å². The molecule has 1 aliphatic rings. The first-order chi connectivity index (χ1) is 6.57. The van der Waals surface area contributed by atoms with E-state index in [-0.39, 0.29) is 17.9 Å². The van der Waals surface area contributed by atoms with E-state index in [9.17, 15) is 9.59 Å². The van der Waals surface area contributed by atoms with E-state index in [1.807, 2.05) is 0 Å². The summed E-state index contributed by atoms with van der Waals surface area (Å²) in [5, 5.41) is 0. The number of carbonyl (C=O) groups is 2. The molecule has 0 aromatic carbocycles. The highest BCUT2D eigenvalue weighted by Gasteiger charge is 2.34. The third kappa shape index (κ3) is 2.09. The van der Waals surface area contributed by atoms with Crippen molar-refractivity contribution in [3.05, 3.63) is 12.7 Å². The molecule has 0 spiro atoms. The number of carbonyl (C=O) groups excluding carboxylic acids is 2. The number of rotatable bonds is 2. The molecule has 0 aromatic rings. The summed E-state index contributed by atoms with van der Waals surface area (Å²) < 4.78 is 0. The van der Waals surface area contributed by atoms with Gasteiger partial charge in [-0.25, -0.2) is 0 Å². The van der Waals surface area contributed by atoms with Crippen molar-refractivity contribution in [3.8, 4) is 0 Å². The number of likely N-dealkylation sites (N-methyl/N-ethyl adjacent to an activating group) is 1. The summed E-state index contributed by atoms with van der Waals surface area (Å²) in [6.45, 7) is 3.42. The Morgan fingerprint density at radius 3 is 2.71 bits per heavy atom. The highest BCUT2D eigenvalue weighted by atomic mass is 32.2. The summed E-state index contributed by atoms with van der Waals surface area (Å²) >= 11 is 1.59. The van der Waals surface area contributed by atoms with Gasteiger partial charge in [0.25, 0.3) is 0 Å². The molecule has 78 valence electrons. The van der Waals surface area contributed by atoms with Crippen LogP contribution in [0.15, 0.2) is 12.7 Å². The van der Waals surface area contributed by atoms with Crippen LogP contribution >= 0.6 is 11.8 Å². The second-order valence-electron chi connectivity index (χ2n) is 3.26. The molecule has 0 aromatic heterocycles. The standard InChI is InChI=1S/C9H14N2O2S/c1-4-8(12)11-6-14-5-7(11)9(13)10(2)3/h4,7H,1,5-6H2,2-3H3. The van der Waals surface area contributed by atoms with Gasteiger partial charge in [0.2, 0.25) is 11.8 Å². The Morgan fingerprint density at radius 1 is 1.57 bits per heavy atom. The maximum atomic E-state index is 11.7. The molecule has 1 heterocycles. The molecule has 0 bridgehead atoms. The maximum Gasteiger partial charge on any atom is 0.247 e. The molecule has 5 heteroatoms. The molecule has 4 nitrogen and oxygen atoms in total. The number of nitrogens with zero attached hydrogens (tertiary/aromatic N) is 2. The Balaban J connectivity index is 2.73. The second kappa shape index (κ2) is 4.50. The van der Waals surface area contributed by atoms with Crippen LogP contribution in [0.5, 0.6) is 0 Å². The summed E-state index contributed by atoms with van der Waals surface area (Å²) in [6, 6.07) is -0.319. The Labute approximate surface area is 87.9 Å². The third-order valence-electron chi connectivity index (χ3n) is 2.07. The van der Waals surface area contributed by atoms with Crippen molar-refractivity contribution in [2.45, 2.75) is 6.04 Å². The smallest absolute Gasteiger partial charge is 0.247 e. The van der Waals surface area contributed by atoms with Gasteiger partial charge in [0.1, 0.15) is 6.04 Å². The molecular weight excluding hydrogens is 200 g/mol. The lowest BCUT2D eigenvalue weighted by atomic mass is 10.2. The van der Waals surface area contributed by atoms with Crippen LogP contribution < -0.4 is 0 Å². The van der Waals surface area contributed by atoms with Crippen molar-refractivity contribution < 1.29 is 9.59 Å². The lowest BCUT2D eigenvalue weighted by Gasteiger charge is -2.24. The van der Waals surface area contributed by atoms with Crippen LogP contribution in [0.1, 0.15) is 0 Å². The van der Waals surface area contributed by atoms with Crippen LogP contribution in [0.2, 0.25) is 0 Å². The van der Waals surface area contributed by atoms with Crippen LogP contribution in [0.3, 0.4) is 0 Å². The lowest BCUT2D eigenvalue weighted by Crippen LogP contribution is -2.46. The zero-order valence-electron chi connectivity index (χ0n) is 8.40. The fraction of sp³-hybridized carbons (Fsp3) is 0.556. The average Bonchev–Trinajstić information content (AvgIpc) is 2.63. The molecule has 1 saturated heterocycles. The summed E-state index contributed by atoms with van der Waals surface area (Å²) in [4.78, 5) is 26.1. The zero-order valence-corrected chi connectivity index (χ0v) is 9.21. The fourth-order valence-corrected chi connectivity index (χ4v) is 2.43. The second-order valence-corrected chi connectivity index (χ2v) is 4.26. The van der Waals surface area contributed by atoms with Crippen molar-refractivity contribution in [3.63, 3.8) is 0 Å². The summed E-state index contributed by atoms with van der Waals surface area (Å²) in [5.74, 6) is 1.06. The van der Waals surface area contributed by atoms with Gasteiger partial charge < -0.3 is 9.80 Å². The fourth-order valence-electron chi connectivity index (χ4n) is 1.28. The topological polar surface area (TPSA) is 40.6 Å². The lowest BCUT2D eigenvalue weighted by molar-refractivity contribution is -0.139. The van der Waals surface area contributed by atoms with Crippen LogP contribution in [-0.2, 0) is 9.59 Å². The number of hydrogen-bond acceptors (Lipinski definition) is 3. The Bertz CT molecular complexity index is 266. The van der Waals surface area contributed by atoms with Gasteiger partial charge in [-0.3, -0.25) is 9.59 Å². The molecule has 1 unspecified atom stereocenters. The molecule has 0 N–H and O–H groups in total. The third-order valence-corrected chi connectivity index (χ3v) is 3.08. The Hall–Kier alpha value is -0.970. The molecule has 14 heavy (non-hydrogen) atoms. The van der Waals surface area contributed by atoms with E-state index in [1.165, 1.54) is 11.0 Å². The first-order valence-corrected chi connectivity index (χ1v) is 5.45. The first-order valence-electron chi connectivity index (χ1n) is 4.30. The van der Waals surface area contributed by atoms with E-state index in [0.717, 1.165) is 0 Å². The molecule has 1 fully saturated rings. The van der Waals surface area contributed by atoms with Gasteiger partial charge in [-0.2, -0.15) is 0 Å². The van der Waals surface area contributed by atoms with Gasteiger partial charge >= 0.3 is 0 Å². The van der Waals surface area contributed by atoms with Crippen molar-refractivity contribution in [1.82, 2.24) is 9.80 Å². The molecule has 2 amide bonds. The summed E-state index contributed by atoms with van der Waals surface area (Å²) in [5.41, 5.74) is 0. The molecule has 0 saturated carbocycles. The number of thioether (sulfide) groups is 1. The largest absolute Gasteiger partial charge is 0.347 e. The van der Waals surface area contributed by atoms with E-state index in [2.05, 4.69) is 6.58 Å². The average molecular weight is 214 g/mol. The minimum absolute atomic E-state index is 0.0230. The molecule has 1 aliphatic heterocycles. The van der Waals surface area contributed by atoms with Crippen LogP contribution in [-0.4, -0.2) is 53.4 Å². The number of amides is 2. The predicted molar refractivity (Wildman–Crippen MR) is 56.9 cm³/mol. The van der Waals surface area contributed by atoms with Gasteiger partial charge in [-0.1, -0.05) is 6.58 Å². The van der Waals surface area contributed by atoms with Gasteiger partial charge in [0.05, 0.1) is 5.88 Å². The normalized spacial score (nSPS) is 20.7. The summed E-state index contributed by atoms with van der Waals surface area (Å²) in [7, 11) is 3.39. The van der Waals surface area contributed by atoms with Crippen LogP contribution in [0, 0.1) is 0 Å². The van der Waals surface area contributed by atoms with Crippen molar-refractivity contribution >= 4 is 23.6 Å². The van der Waals surface area contributed by atoms with Crippen molar-refractivity contribution in [2.24, 2.45) is 0 Å². The zero-order chi connectivity index (χ0) is 10.7. The van der Waals surface area contributed by atoms with E-state index in [4.69, 9.17) is 0 Å². The Kier molecular flexibility index (Phi) is 3.57. The van der Waals surface area contributed by atoms with E-state index >= 15 is 0 Å². The molecule has 0 radical (unpaired) electrons. The minimum atomic E-state index is -0.319. The van der Waals surface area contributed by atoms with Gasteiger partial charge in [-0.05, 0) is 6.08 Å². The maximum absolute atomic E-state index is 11.7. The van der Waals surface area contributed by atoms with Gasteiger partial charge in [0, 0.05) is 19.8 Å². The molecular formula is C9H14N2O2S. The predicted octanol–water partition coefficient (Wildman–Crippen LogP) is 0.162. The van der Waals surface area contributed by atoms with E-state index < -0.39 is 0 Å². The van der Waals surface area contributed by atoms with E-state index in [0.29, 0.717) is 11.6 Å². The minimum Gasteiger partial charge on any atom is -0.347 e. The van der Waals surface area contributed by atoms with Crippen LogP contribution in [0.25, 0.3) is 0 Å². The van der Waals surface area contributed by atoms with Crippen molar-refractivity contribution in [2.75, 3.05) is 25.7 Å². The van der Waals surface area contributed by atoms with Crippen LogP contribution in [0.4, 0.5) is 0 Å². The summed E-state index contributed by atoms with van der Waals surface area (Å²) in [6.07, 6.45) is 1.25. The molecule has 0 aliphatic carbocycles.